The number of rotatable bonds is 5. The number of nitrogens with zero attached hydrogens (tertiary/aromatic N) is 5. The van der Waals surface area contributed by atoms with Gasteiger partial charge in [-0.15, -0.1) is 0 Å². The molecular weight excluding hydrogens is 284 g/mol. The Morgan fingerprint density at radius 2 is 2.24 bits per heavy atom. The van der Waals surface area contributed by atoms with Crippen LogP contribution >= 0.6 is 11.8 Å². The summed E-state index contributed by atoms with van der Waals surface area (Å²) < 4.78 is 1.72. The van der Waals surface area contributed by atoms with Crippen molar-refractivity contribution in [1.29, 1.82) is 0 Å². The van der Waals surface area contributed by atoms with Crippen molar-refractivity contribution in [3.05, 3.63) is 42.0 Å². The van der Waals surface area contributed by atoms with Crippen molar-refractivity contribution in [3.63, 3.8) is 0 Å². The number of nitrogens with two attached hydrogens (primary N) is 1. The Labute approximate surface area is 128 Å². The molecule has 2 rings (SSSR count). The van der Waals surface area contributed by atoms with Gasteiger partial charge in [0, 0.05) is 37.1 Å². The molecule has 2 N–H and O–H groups in total. The maximum atomic E-state index is 6.02. The van der Waals surface area contributed by atoms with Gasteiger partial charge in [-0.05, 0) is 13.2 Å². The highest BCUT2D eigenvalue weighted by Crippen LogP contribution is 2.24. The van der Waals surface area contributed by atoms with Crippen LogP contribution in [0.25, 0.3) is 5.57 Å². The van der Waals surface area contributed by atoms with Crippen molar-refractivity contribution >= 4 is 23.2 Å². The molecule has 0 saturated heterocycles. The van der Waals surface area contributed by atoms with E-state index < -0.39 is 0 Å². The van der Waals surface area contributed by atoms with E-state index in [0.29, 0.717) is 28.8 Å². The van der Waals surface area contributed by atoms with Crippen molar-refractivity contribution in [2.75, 3.05) is 12.8 Å². The third kappa shape index (κ3) is 3.30. The van der Waals surface area contributed by atoms with Gasteiger partial charge in [0.15, 0.2) is 5.16 Å². The van der Waals surface area contributed by atoms with Crippen LogP contribution in [0.5, 0.6) is 0 Å². The van der Waals surface area contributed by atoms with Crippen LogP contribution in [0.3, 0.4) is 0 Å². The first kappa shape index (κ1) is 15.2. The quantitative estimate of drug-likeness (QED) is 0.393. The van der Waals surface area contributed by atoms with Gasteiger partial charge in [-0.2, -0.15) is 5.10 Å². The van der Waals surface area contributed by atoms with E-state index in [-0.39, 0.29) is 0 Å². The largest absolute Gasteiger partial charge is 0.383 e. The predicted octanol–water partition coefficient (Wildman–Crippen LogP) is 1.72. The van der Waals surface area contributed by atoms with Crippen LogP contribution in [0.1, 0.15) is 23.7 Å². The number of aromatic nitrogens is 4. The van der Waals surface area contributed by atoms with Gasteiger partial charge in [0.05, 0.1) is 17.5 Å². The Hall–Kier alpha value is -2.15. The highest BCUT2D eigenvalue weighted by molar-refractivity contribution is 7.98. The third-order valence-corrected chi connectivity index (χ3v) is 3.45. The van der Waals surface area contributed by atoms with Gasteiger partial charge in [0.2, 0.25) is 0 Å². The molecule has 7 heteroatoms. The molecule has 0 bridgehead atoms. The lowest BCUT2D eigenvalue weighted by Gasteiger charge is -2.10. The van der Waals surface area contributed by atoms with Gasteiger partial charge in [-0.1, -0.05) is 18.3 Å². The van der Waals surface area contributed by atoms with Crippen molar-refractivity contribution in [2.45, 2.75) is 12.1 Å². The second-order valence-corrected chi connectivity index (χ2v) is 5.13. The summed E-state index contributed by atoms with van der Waals surface area (Å²) in [6.07, 6.45) is 7.26. The molecule has 0 aliphatic carbocycles. The molecule has 0 unspecified atom stereocenters. The molecule has 0 aliphatic rings. The van der Waals surface area contributed by atoms with Crippen LogP contribution in [0.4, 0.5) is 0 Å². The first-order valence-corrected chi connectivity index (χ1v) is 7.68. The summed E-state index contributed by atoms with van der Waals surface area (Å²) in [7, 11) is 1.86. The Balaban J connectivity index is 2.53. The lowest BCUT2D eigenvalue weighted by molar-refractivity contribution is 0.767. The lowest BCUT2D eigenvalue weighted by atomic mass is 10.0. The fourth-order valence-electron chi connectivity index (χ4n) is 1.85. The Kier molecular flexibility index (Phi) is 4.74. The number of aliphatic imine (C=N–C) groups is 1. The van der Waals surface area contributed by atoms with Crippen LogP contribution in [-0.2, 0) is 7.05 Å². The van der Waals surface area contributed by atoms with Crippen LogP contribution in [-0.4, -0.2) is 38.4 Å². The standard InChI is InChI=1S/C14H18N6S/c1-5-16-13(15)11-7-17-14(21-4)19-12(11)9(2)10-6-18-20(3)8-10/h6-8H,2,5H2,1,3-4H3,(H2,15,16). The molecule has 6 nitrogen and oxygen atoms in total. The molecule has 0 spiro atoms. The summed E-state index contributed by atoms with van der Waals surface area (Å²) in [5, 5.41) is 4.83. The zero-order chi connectivity index (χ0) is 15.4. The first-order valence-electron chi connectivity index (χ1n) is 6.46. The molecule has 2 aromatic rings. The van der Waals surface area contributed by atoms with E-state index in [1.165, 1.54) is 11.8 Å². The number of hydrogen-bond acceptors (Lipinski definition) is 5. The van der Waals surface area contributed by atoms with E-state index in [0.717, 1.165) is 11.1 Å². The number of thioether (sulfide) groups is 1. The molecule has 0 aromatic carbocycles. The monoisotopic (exact) mass is 302 g/mol. The summed E-state index contributed by atoms with van der Waals surface area (Å²) in [4.78, 5) is 13.0. The zero-order valence-corrected chi connectivity index (χ0v) is 13.2. The Morgan fingerprint density at radius 3 is 2.81 bits per heavy atom. The molecule has 2 aromatic heterocycles. The van der Waals surface area contributed by atoms with E-state index in [4.69, 9.17) is 5.73 Å². The number of amidine groups is 1. The average Bonchev–Trinajstić information content (AvgIpc) is 2.92. The second-order valence-electron chi connectivity index (χ2n) is 4.36. The normalized spacial score (nSPS) is 11.7. The van der Waals surface area contributed by atoms with Gasteiger partial charge >= 0.3 is 0 Å². The predicted molar refractivity (Wildman–Crippen MR) is 86.4 cm³/mol. The summed E-state index contributed by atoms with van der Waals surface area (Å²) in [6.45, 7) is 6.66. The van der Waals surface area contributed by atoms with Crippen molar-refractivity contribution in [2.24, 2.45) is 17.8 Å². The molecule has 0 saturated carbocycles. The zero-order valence-electron chi connectivity index (χ0n) is 12.4. The average molecular weight is 302 g/mol. The summed E-state index contributed by atoms with van der Waals surface area (Å²) in [6, 6.07) is 0. The minimum Gasteiger partial charge on any atom is -0.383 e. The lowest BCUT2D eigenvalue weighted by Crippen LogP contribution is -2.18. The summed E-state index contributed by atoms with van der Waals surface area (Å²) in [5.41, 5.74) is 9.06. The molecule has 0 radical (unpaired) electrons. The van der Waals surface area contributed by atoms with Crippen molar-refractivity contribution in [1.82, 2.24) is 19.7 Å². The fraction of sp³-hybridized carbons (Fsp3) is 0.286. The van der Waals surface area contributed by atoms with Crippen LogP contribution < -0.4 is 5.73 Å². The maximum Gasteiger partial charge on any atom is 0.187 e. The maximum absolute atomic E-state index is 6.02. The SMILES string of the molecule is C=C(c1cnn(C)c1)c1nc(SC)ncc1C(N)=NCC. The minimum absolute atomic E-state index is 0.421. The second kappa shape index (κ2) is 6.53. The fourth-order valence-corrected chi connectivity index (χ4v) is 2.19. The van der Waals surface area contributed by atoms with E-state index in [2.05, 4.69) is 26.6 Å². The Bertz CT molecular complexity index is 689. The smallest absolute Gasteiger partial charge is 0.187 e. The van der Waals surface area contributed by atoms with Crippen LogP contribution in [0, 0.1) is 0 Å². The molecule has 0 aliphatic heterocycles. The molecule has 2 heterocycles. The van der Waals surface area contributed by atoms with E-state index in [1.54, 1.807) is 17.1 Å². The van der Waals surface area contributed by atoms with Crippen molar-refractivity contribution in [3.8, 4) is 0 Å². The molecule has 0 amide bonds. The molecule has 21 heavy (non-hydrogen) atoms. The van der Waals surface area contributed by atoms with Gasteiger partial charge in [-0.3, -0.25) is 9.67 Å². The van der Waals surface area contributed by atoms with Crippen molar-refractivity contribution < 1.29 is 0 Å². The highest BCUT2D eigenvalue weighted by atomic mass is 32.2. The van der Waals surface area contributed by atoms with E-state index in [9.17, 15) is 0 Å². The van der Waals surface area contributed by atoms with Crippen LogP contribution in [0.2, 0.25) is 0 Å². The van der Waals surface area contributed by atoms with E-state index in [1.807, 2.05) is 26.4 Å². The summed E-state index contributed by atoms with van der Waals surface area (Å²) >= 11 is 1.47. The van der Waals surface area contributed by atoms with Gasteiger partial charge < -0.3 is 5.73 Å². The van der Waals surface area contributed by atoms with Gasteiger partial charge in [0.25, 0.3) is 0 Å². The Morgan fingerprint density at radius 1 is 1.48 bits per heavy atom. The van der Waals surface area contributed by atoms with Crippen LogP contribution in [0.15, 0.2) is 35.3 Å². The first-order chi connectivity index (χ1) is 10.1. The topological polar surface area (TPSA) is 82.0 Å². The molecule has 0 fully saturated rings. The van der Waals surface area contributed by atoms with E-state index >= 15 is 0 Å². The number of aryl methyl sites for hydroxylation is 1. The third-order valence-electron chi connectivity index (χ3n) is 2.89. The number of hydrogen-bond donors (Lipinski definition) is 1. The molecular formula is C14H18N6S. The molecule has 0 atom stereocenters. The van der Waals surface area contributed by atoms with Gasteiger partial charge in [-0.25, -0.2) is 9.97 Å². The molecule has 110 valence electrons. The highest BCUT2D eigenvalue weighted by Gasteiger charge is 2.15. The summed E-state index contributed by atoms with van der Waals surface area (Å²) in [5.74, 6) is 0.421. The minimum atomic E-state index is 0.421. The van der Waals surface area contributed by atoms with Gasteiger partial charge in [0.1, 0.15) is 5.84 Å².